The zero-order valence-corrected chi connectivity index (χ0v) is 20.8. The van der Waals surface area contributed by atoms with Gasteiger partial charge in [0.1, 0.15) is 11.3 Å². The van der Waals surface area contributed by atoms with E-state index in [1.165, 1.54) is 36.1 Å². The van der Waals surface area contributed by atoms with Gasteiger partial charge in [0.2, 0.25) is 0 Å². The van der Waals surface area contributed by atoms with Crippen LogP contribution in [0.1, 0.15) is 48.9 Å². The number of hydrogen-bond acceptors (Lipinski definition) is 6. The predicted molar refractivity (Wildman–Crippen MR) is 138 cm³/mol. The van der Waals surface area contributed by atoms with E-state index in [0.29, 0.717) is 17.7 Å². The number of esters is 1. The first kappa shape index (κ1) is 25.7. The van der Waals surface area contributed by atoms with Crippen LogP contribution in [0.15, 0.2) is 77.9 Å². The second-order valence-electron chi connectivity index (χ2n) is 8.83. The summed E-state index contributed by atoms with van der Waals surface area (Å²) < 4.78 is 32.9. The molecule has 1 amide bonds. The van der Waals surface area contributed by atoms with E-state index in [1.807, 2.05) is 18.2 Å². The first-order valence-electron chi connectivity index (χ1n) is 12.0. The van der Waals surface area contributed by atoms with Crippen LogP contribution >= 0.6 is 0 Å². The molecule has 3 heterocycles. The third kappa shape index (κ3) is 5.35. The smallest absolute Gasteiger partial charge is 0.356 e. The summed E-state index contributed by atoms with van der Waals surface area (Å²) >= 11 is 0. The summed E-state index contributed by atoms with van der Waals surface area (Å²) in [6.07, 6.45) is 5.84. The monoisotopic (exact) mass is 528 g/mol. The van der Waals surface area contributed by atoms with Gasteiger partial charge in [-0.05, 0) is 59.2 Å². The number of rotatable bonds is 7. The van der Waals surface area contributed by atoms with E-state index >= 15 is 0 Å². The molecule has 39 heavy (non-hydrogen) atoms. The maximum atomic E-state index is 13.6. The molecular formula is C29H22F2N4O4. The molecule has 1 aliphatic carbocycles. The molecule has 1 aromatic carbocycles. The zero-order valence-electron chi connectivity index (χ0n) is 20.8. The van der Waals surface area contributed by atoms with Crippen LogP contribution < -0.4 is 10.9 Å². The second-order valence-corrected chi connectivity index (χ2v) is 8.83. The van der Waals surface area contributed by atoms with Crippen LogP contribution in [0.4, 0.5) is 8.78 Å². The molecule has 0 unspecified atom stereocenters. The van der Waals surface area contributed by atoms with Crippen molar-refractivity contribution < 1.29 is 23.1 Å². The van der Waals surface area contributed by atoms with E-state index in [9.17, 15) is 23.2 Å². The van der Waals surface area contributed by atoms with Gasteiger partial charge in [-0.25, -0.2) is 18.6 Å². The number of amides is 1. The Kier molecular flexibility index (Phi) is 7.09. The molecule has 0 atom stereocenters. The fourth-order valence-corrected chi connectivity index (χ4v) is 4.41. The summed E-state index contributed by atoms with van der Waals surface area (Å²) in [6.45, 7) is -0.115. The molecule has 0 radical (unpaired) electrons. The van der Waals surface area contributed by atoms with Crippen LogP contribution in [-0.4, -0.2) is 33.5 Å². The van der Waals surface area contributed by atoms with Crippen LogP contribution in [0.5, 0.6) is 0 Å². The molecule has 0 saturated carbocycles. The third-order valence-corrected chi connectivity index (χ3v) is 6.30. The molecule has 1 aliphatic rings. The van der Waals surface area contributed by atoms with Gasteiger partial charge in [0.05, 0.1) is 31.6 Å². The Bertz CT molecular complexity index is 1700. The molecule has 4 aromatic rings. The van der Waals surface area contributed by atoms with Gasteiger partial charge in [-0.1, -0.05) is 18.2 Å². The first-order chi connectivity index (χ1) is 18.8. The molecule has 0 fully saturated rings. The SMILES string of the molecule is COC(=O)c1cc(C2=CCc3ncccc32)cc(CNC(=O)c2cccn(Cc3ccc(F)c(F)c3)c2=O)n1. The maximum Gasteiger partial charge on any atom is 0.356 e. The summed E-state index contributed by atoms with van der Waals surface area (Å²) in [6, 6.07) is 13.4. The van der Waals surface area contributed by atoms with Gasteiger partial charge in [-0.3, -0.25) is 14.6 Å². The number of hydrogen-bond donors (Lipinski definition) is 1. The highest BCUT2D eigenvalue weighted by Crippen LogP contribution is 2.32. The maximum absolute atomic E-state index is 13.6. The highest BCUT2D eigenvalue weighted by atomic mass is 19.2. The highest BCUT2D eigenvalue weighted by molar-refractivity contribution is 5.94. The standard InChI is InChI=1S/C29H22F2N4O4/c1-39-29(38)26-14-18(20-7-9-25-21(20)4-2-10-32-25)13-19(34-26)15-33-27(36)22-5-3-11-35(28(22)37)16-17-6-8-23(30)24(31)12-17/h2-8,10-14H,9,15-16H2,1H3,(H,33,36). The van der Waals surface area contributed by atoms with Crippen molar-refractivity contribution in [3.8, 4) is 0 Å². The topological polar surface area (TPSA) is 103 Å². The van der Waals surface area contributed by atoms with Crippen molar-refractivity contribution in [1.29, 1.82) is 0 Å². The van der Waals surface area contributed by atoms with E-state index in [1.54, 1.807) is 18.3 Å². The number of nitrogens with zero attached hydrogens (tertiary/aromatic N) is 3. The van der Waals surface area contributed by atoms with Gasteiger partial charge < -0.3 is 14.6 Å². The van der Waals surface area contributed by atoms with Crippen molar-refractivity contribution in [1.82, 2.24) is 19.9 Å². The van der Waals surface area contributed by atoms with Gasteiger partial charge in [0.25, 0.3) is 11.5 Å². The lowest BCUT2D eigenvalue weighted by atomic mass is 10.0. The summed E-state index contributed by atoms with van der Waals surface area (Å²) in [5, 5.41) is 2.68. The second kappa shape index (κ2) is 10.8. The fourth-order valence-electron chi connectivity index (χ4n) is 4.41. The lowest BCUT2D eigenvalue weighted by molar-refractivity contribution is 0.0593. The van der Waals surface area contributed by atoms with Gasteiger partial charge in [-0.15, -0.1) is 0 Å². The Morgan fingerprint density at radius 2 is 1.92 bits per heavy atom. The van der Waals surface area contributed by atoms with E-state index < -0.39 is 29.1 Å². The average molecular weight is 529 g/mol. The Labute approximate surface area is 221 Å². The van der Waals surface area contributed by atoms with E-state index in [2.05, 4.69) is 15.3 Å². The number of carbonyl (C=O) groups is 2. The number of carbonyl (C=O) groups excluding carboxylic acids is 2. The van der Waals surface area contributed by atoms with Crippen molar-refractivity contribution in [2.45, 2.75) is 19.5 Å². The van der Waals surface area contributed by atoms with Crippen LogP contribution in [-0.2, 0) is 24.2 Å². The Morgan fingerprint density at radius 3 is 2.72 bits per heavy atom. The minimum Gasteiger partial charge on any atom is -0.464 e. The van der Waals surface area contributed by atoms with Crippen LogP contribution in [0, 0.1) is 11.6 Å². The number of allylic oxidation sites excluding steroid dienone is 1. The van der Waals surface area contributed by atoms with E-state index in [4.69, 9.17) is 4.74 Å². The molecule has 196 valence electrons. The van der Waals surface area contributed by atoms with Crippen LogP contribution in [0.25, 0.3) is 5.57 Å². The van der Waals surface area contributed by atoms with Gasteiger partial charge in [-0.2, -0.15) is 0 Å². The lowest BCUT2D eigenvalue weighted by Crippen LogP contribution is -2.33. The minimum atomic E-state index is -1.02. The largest absolute Gasteiger partial charge is 0.464 e. The Balaban J connectivity index is 1.38. The molecule has 5 rings (SSSR count). The average Bonchev–Trinajstić information content (AvgIpc) is 3.38. The van der Waals surface area contributed by atoms with Crippen molar-refractivity contribution in [2.75, 3.05) is 7.11 Å². The molecule has 1 N–H and O–H groups in total. The zero-order chi connectivity index (χ0) is 27.5. The molecule has 0 spiro atoms. The van der Waals surface area contributed by atoms with Gasteiger partial charge >= 0.3 is 5.97 Å². The molecule has 0 aliphatic heterocycles. The number of methoxy groups -OCH3 is 1. The number of ether oxygens (including phenoxy) is 1. The summed E-state index contributed by atoms with van der Waals surface area (Å²) in [5.41, 5.74) is 3.56. The summed E-state index contributed by atoms with van der Waals surface area (Å²) in [7, 11) is 1.26. The quantitative estimate of drug-likeness (QED) is 0.367. The normalized spacial score (nSPS) is 12.0. The highest BCUT2D eigenvalue weighted by Gasteiger charge is 2.20. The van der Waals surface area contributed by atoms with Crippen LogP contribution in [0.3, 0.4) is 0 Å². The molecular weight excluding hydrogens is 506 g/mol. The number of pyridine rings is 3. The van der Waals surface area contributed by atoms with Crippen molar-refractivity contribution in [2.24, 2.45) is 0 Å². The van der Waals surface area contributed by atoms with Crippen molar-refractivity contribution in [3.05, 3.63) is 134 Å². The summed E-state index contributed by atoms with van der Waals surface area (Å²) in [5.74, 6) is -3.29. The third-order valence-electron chi connectivity index (χ3n) is 6.30. The fraction of sp³-hybridized carbons (Fsp3) is 0.138. The predicted octanol–water partition coefficient (Wildman–Crippen LogP) is 3.67. The summed E-state index contributed by atoms with van der Waals surface area (Å²) in [4.78, 5) is 46.9. The first-order valence-corrected chi connectivity index (χ1v) is 12.0. The lowest BCUT2D eigenvalue weighted by Gasteiger charge is -2.12. The molecule has 0 saturated heterocycles. The van der Waals surface area contributed by atoms with Crippen molar-refractivity contribution in [3.63, 3.8) is 0 Å². The molecule has 10 heteroatoms. The Hall–Kier alpha value is -4.99. The van der Waals surface area contributed by atoms with Crippen LogP contribution in [0.2, 0.25) is 0 Å². The Morgan fingerprint density at radius 1 is 1.08 bits per heavy atom. The van der Waals surface area contributed by atoms with E-state index in [0.717, 1.165) is 34.5 Å². The number of fused-ring (bicyclic) bond motifs is 1. The van der Waals surface area contributed by atoms with Gasteiger partial charge in [0.15, 0.2) is 11.6 Å². The molecule has 8 nitrogen and oxygen atoms in total. The number of aromatic nitrogens is 3. The molecule has 0 bridgehead atoms. The minimum absolute atomic E-state index is 0.0469. The van der Waals surface area contributed by atoms with E-state index in [-0.39, 0.29) is 24.3 Å². The number of benzene rings is 1. The number of halogens is 2. The van der Waals surface area contributed by atoms with Gasteiger partial charge in [0, 0.05) is 24.4 Å². The molecule has 3 aromatic heterocycles. The number of nitrogens with one attached hydrogen (secondary N) is 1. The van der Waals surface area contributed by atoms with Crippen molar-refractivity contribution >= 4 is 17.4 Å².